The van der Waals surface area contributed by atoms with Crippen molar-refractivity contribution in [1.29, 1.82) is 0 Å². The van der Waals surface area contributed by atoms with Crippen molar-refractivity contribution in [3.63, 3.8) is 0 Å². The Kier molecular flexibility index (Phi) is 7.74. The molecule has 2 atom stereocenters. The third kappa shape index (κ3) is 6.88. The highest BCUT2D eigenvalue weighted by Gasteiger charge is 2.19. The van der Waals surface area contributed by atoms with Crippen LogP contribution in [0.25, 0.3) is 0 Å². The number of nitrogens with one attached hydrogen (secondary N) is 2. The van der Waals surface area contributed by atoms with E-state index in [0.29, 0.717) is 6.42 Å². The lowest BCUT2D eigenvalue weighted by Gasteiger charge is -2.16. The van der Waals surface area contributed by atoms with Crippen molar-refractivity contribution >= 4 is 17.8 Å². The Morgan fingerprint density at radius 1 is 1.06 bits per heavy atom. The van der Waals surface area contributed by atoms with Crippen LogP contribution in [0.4, 0.5) is 0 Å². The number of hydrogen-bond acceptors (Lipinski definition) is 3. The maximum Gasteiger partial charge on any atom is 0.325 e. The van der Waals surface area contributed by atoms with Crippen molar-refractivity contribution in [3.8, 4) is 0 Å². The van der Waals surface area contributed by atoms with Crippen molar-refractivity contribution in [1.82, 2.24) is 10.6 Å². The first-order valence-electron chi connectivity index (χ1n) is 6.21. The first-order chi connectivity index (χ1) is 8.38. The molecule has 0 radical (unpaired) electrons. The molecular weight excluding hydrogens is 236 g/mol. The highest BCUT2D eigenvalue weighted by molar-refractivity contribution is 5.89. The second-order valence-corrected chi connectivity index (χ2v) is 4.31. The fourth-order valence-electron chi connectivity index (χ4n) is 1.31. The first kappa shape index (κ1) is 16.4. The van der Waals surface area contributed by atoms with E-state index in [-0.39, 0.29) is 5.91 Å². The van der Waals surface area contributed by atoms with Crippen LogP contribution in [0.5, 0.6) is 0 Å². The van der Waals surface area contributed by atoms with E-state index in [4.69, 9.17) is 5.11 Å². The lowest BCUT2D eigenvalue weighted by atomic mass is 10.2. The lowest BCUT2D eigenvalue weighted by molar-refractivity contribution is -0.141. The van der Waals surface area contributed by atoms with Gasteiger partial charge in [0, 0.05) is 6.42 Å². The van der Waals surface area contributed by atoms with Crippen LogP contribution in [0.1, 0.15) is 46.5 Å². The normalized spacial score (nSPS) is 13.5. The summed E-state index contributed by atoms with van der Waals surface area (Å²) in [5, 5.41) is 13.5. The average Bonchev–Trinajstić information content (AvgIpc) is 2.28. The molecule has 0 heterocycles. The minimum Gasteiger partial charge on any atom is -0.480 e. The van der Waals surface area contributed by atoms with Crippen LogP contribution in [0, 0.1) is 0 Å². The van der Waals surface area contributed by atoms with Gasteiger partial charge < -0.3 is 15.7 Å². The minimum absolute atomic E-state index is 0.186. The maximum absolute atomic E-state index is 11.5. The zero-order valence-corrected chi connectivity index (χ0v) is 11.2. The van der Waals surface area contributed by atoms with Crippen molar-refractivity contribution < 1.29 is 19.5 Å². The number of carbonyl (C=O) groups excluding carboxylic acids is 2. The van der Waals surface area contributed by atoms with Gasteiger partial charge in [-0.3, -0.25) is 14.4 Å². The molecular formula is C12H22N2O4. The number of hydrogen-bond donors (Lipinski definition) is 3. The van der Waals surface area contributed by atoms with E-state index in [1.165, 1.54) is 13.8 Å². The molecule has 0 aromatic carbocycles. The quantitative estimate of drug-likeness (QED) is 0.557. The highest BCUT2D eigenvalue weighted by atomic mass is 16.4. The Hall–Kier alpha value is -1.59. The summed E-state index contributed by atoms with van der Waals surface area (Å²) in [6.07, 6.45) is 3.19. The Morgan fingerprint density at radius 2 is 1.67 bits per heavy atom. The zero-order valence-electron chi connectivity index (χ0n) is 11.2. The second-order valence-electron chi connectivity index (χ2n) is 4.31. The van der Waals surface area contributed by atoms with Gasteiger partial charge >= 0.3 is 5.97 Å². The SMILES string of the molecule is CCCCCC(=O)N[C@@H](C)C(=O)N[C@@H](C)C(=O)O. The molecule has 0 rings (SSSR count). The van der Waals surface area contributed by atoms with Gasteiger partial charge in [-0.1, -0.05) is 19.8 Å². The van der Waals surface area contributed by atoms with Crippen molar-refractivity contribution in [3.05, 3.63) is 0 Å². The molecule has 18 heavy (non-hydrogen) atoms. The Balaban J connectivity index is 4.00. The van der Waals surface area contributed by atoms with E-state index < -0.39 is 24.0 Å². The molecule has 0 aliphatic heterocycles. The molecule has 0 aliphatic rings. The summed E-state index contributed by atoms with van der Waals surface area (Å²) in [5.74, 6) is -1.78. The minimum atomic E-state index is -1.11. The first-order valence-corrected chi connectivity index (χ1v) is 6.21. The number of rotatable bonds is 8. The molecule has 104 valence electrons. The summed E-state index contributed by atoms with van der Waals surface area (Å²) < 4.78 is 0. The lowest BCUT2D eigenvalue weighted by Crippen LogP contribution is -2.49. The second kappa shape index (κ2) is 8.49. The molecule has 0 fully saturated rings. The van der Waals surface area contributed by atoms with Gasteiger partial charge in [-0.25, -0.2) is 0 Å². The van der Waals surface area contributed by atoms with E-state index >= 15 is 0 Å². The van der Waals surface area contributed by atoms with Gasteiger partial charge in [-0.05, 0) is 20.3 Å². The predicted molar refractivity (Wildman–Crippen MR) is 67.0 cm³/mol. The molecule has 3 N–H and O–H groups in total. The topological polar surface area (TPSA) is 95.5 Å². The molecule has 6 heteroatoms. The van der Waals surface area contributed by atoms with Gasteiger partial charge in [-0.15, -0.1) is 0 Å². The van der Waals surface area contributed by atoms with Gasteiger partial charge in [0.1, 0.15) is 12.1 Å². The number of aliphatic carboxylic acids is 1. The molecule has 0 aromatic heterocycles. The molecule has 0 bridgehead atoms. The van der Waals surface area contributed by atoms with Crippen molar-refractivity contribution in [2.24, 2.45) is 0 Å². The van der Waals surface area contributed by atoms with Crippen LogP contribution < -0.4 is 10.6 Å². The molecule has 0 saturated carbocycles. The monoisotopic (exact) mass is 258 g/mol. The fourth-order valence-corrected chi connectivity index (χ4v) is 1.31. The number of unbranched alkanes of at least 4 members (excludes halogenated alkanes) is 2. The third-order valence-corrected chi connectivity index (χ3v) is 2.51. The number of carbonyl (C=O) groups is 3. The summed E-state index contributed by atoms with van der Waals surface area (Å²) in [6.45, 7) is 4.94. The largest absolute Gasteiger partial charge is 0.480 e. The van der Waals surface area contributed by atoms with E-state index in [1.54, 1.807) is 0 Å². The Bertz CT molecular complexity index is 304. The standard InChI is InChI=1S/C12H22N2O4/c1-4-5-6-7-10(15)13-8(2)11(16)14-9(3)12(17)18/h8-9H,4-7H2,1-3H3,(H,13,15)(H,14,16)(H,17,18)/t8-,9-/m0/s1. The number of amides is 2. The van der Waals surface area contributed by atoms with Crippen LogP contribution in [-0.4, -0.2) is 35.0 Å². The van der Waals surface area contributed by atoms with Gasteiger partial charge in [0.15, 0.2) is 0 Å². The summed E-state index contributed by atoms with van der Waals surface area (Å²) in [4.78, 5) is 33.5. The molecule has 0 unspecified atom stereocenters. The van der Waals surface area contributed by atoms with E-state index in [9.17, 15) is 14.4 Å². The third-order valence-electron chi connectivity index (χ3n) is 2.51. The van der Waals surface area contributed by atoms with Crippen LogP contribution >= 0.6 is 0 Å². The van der Waals surface area contributed by atoms with Gasteiger partial charge in [-0.2, -0.15) is 0 Å². The van der Waals surface area contributed by atoms with E-state index in [1.807, 2.05) is 6.92 Å². The molecule has 0 saturated heterocycles. The molecule has 0 spiro atoms. The Labute approximate surface area is 107 Å². The fraction of sp³-hybridized carbons (Fsp3) is 0.750. The Morgan fingerprint density at radius 3 is 2.17 bits per heavy atom. The van der Waals surface area contributed by atoms with E-state index in [0.717, 1.165) is 19.3 Å². The summed E-state index contributed by atoms with van der Waals surface area (Å²) in [5.41, 5.74) is 0. The molecule has 0 aromatic rings. The maximum atomic E-state index is 11.5. The van der Waals surface area contributed by atoms with Crippen LogP contribution in [0.3, 0.4) is 0 Å². The number of carboxylic acids is 1. The van der Waals surface area contributed by atoms with Gasteiger partial charge in [0.05, 0.1) is 0 Å². The van der Waals surface area contributed by atoms with Crippen molar-refractivity contribution in [2.45, 2.75) is 58.5 Å². The molecule has 6 nitrogen and oxygen atoms in total. The zero-order chi connectivity index (χ0) is 14.1. The molecule has 2 amide bonds. The summed E-state index contributed by atoms with van der Waals surface area (Å²) >= 11 is 0. The van der Waals surface area contributed by atoms with Crippen LogP contribution in [-0.2, 0) is 14.4 Å². The van der Waals surface area contributed by atoms with Crippen molar-refractivity contribution in [2.75, 3.05) is 0 Å². The van der Waals surface area contributed by atoms with Crippen LogP contribution in [0.15, 0.2) is 0 Å². The predicted octanol–water partition coefficient (Wildman–Crippen LogP) is 0.661. The van der Waals surface area contributed by atoms with Crippen LogP contribution in [0.2, 0.25) is 0 Å². The molecule has 0 aliphatic carbocycles. The summed E-state index contributed by atoms with van der Waals surface area (Å²) in [7, 11) is 0. The van der Waals surface area contributed by atoms with Gasteiger partial charge in [0.25, 0.3) is 0 Å². The smallest absolute Gasteiger partial charge is 0.325 e. The summed E-state index contributed by atoms with van der Waals surface area (Å²) in [6, 6.07) is -1.68. The van der Waals surface area contributed by atoms with E-state index in [2.05, 4.69) is 10.6 Å². The highest BCUT2D eigenvalue weighted by Crippen LogP contribution is 1.99. The van der Waals surface area contributed by atoms with Gasteiger partial charge in [0.2, 0.25) is 11.8 Å². The average molecular weight is 258 g/mol. The number of carboxylic acid groups (broad SMARTS) is 1.